The lowest BCUT2D eigenvalue weighted by molar-refractivity contribution is -0.136. The van der Waals surface area contributed by atoms with Crippen molar-refractivity contribution in [2.24, 2.45) is 0 Å². The van der Waals surface area contributed by atoms with Crippen molar-refractivity contribution in [2.75, 3.05) is 5.32 Å². The molecular formula is C19H22N6O3. The molecule has 0 fully saturated rings. The fourth-order valence-electron chi connectivity index (χ4n) is 2.84. The zero-order valence-corrected chi connectivity index (χ0v) is 16.2. The number of benzene rings is 1. The lowest BCUT2D eigenvalue weighted by Crippen LogP contribution is -2.35. The number of hydrogen-bond acceptors (Lipinski definition) is 6. The van der Waals surface area contributed by atoms with E-state index in [2.05, 4.69) is 25.9 Å². The summed E-state index contributed by atoms with van der Waals surface area (Å²) in [6, 6.07) is 6.79. The van der Waals surface area contributed by atoms with Gasteiger partial charge in [-0.25, -0.2) is 0 Å². The van der Waals surface area contributed by atoms with Crippen LogP contribution in [0.15, 0.2) is 28.7 Å². The molecule has 2 aromatic heterocycles. The molecule has 28 heavy (non-hydrogen) atoms. The van der Waals surface area contributed by atoms with E-state index in [0.717, 1.165) is 29.1 Å². The van der Waals surface area contributed by atoms with Crippen molar-refractivity contribution in [2.45, 2.75) is 40.8 Å². The van der Waals surface area contributed by atoms with Crippen LogP contribution in [0.4, 0.5) is 5.69 Å². The number of hydrogen-bond donors (Lipinski definition) is 2. The fraction of sp³-hybridized carbons (Fsp3) is 0.316. The molecule has 0 unspecified atom stereocenters. The lowest BCUT2D eigenvalue weighted by atomic mass is 10.2. The van der Waals surface area contributed by atoms with Crippen molar-refractivity contribution in [3.8, 4) is 11.5 Å². The van der Waals surface area contributed by atoms with Gasteiger partial charge in [0.05, 0.1) is 5.69 Å². The predicted molar refractivity (Wildman–Crippen MR) is 102 cm³/mol. The first kappa shape index (κ1) is 19.3. The molecule has 3 aromatic rings. The first-order chi connectivity index (χ1) is 13.4. The molecule has 2 amide bonds. The van der Waals surface area contributed by atoms with Gasteiger partial charge in [-0.2, -0.15) is 5.10 Å². The number of nitrogens with zero attached hydrogens (tertiary/aromatic N) is 4. The molecule has 0 bridgehead atoms. The van der Waals surface area contributed by atoms with Crippen molar-refractivity contribution in [1.82, 2.24) is 25.3 Å². The van der Waals surface area contributed by atoms with Crippen LogP contribution in [0.1, 0.15) is 29.8 Å². The average Bonchev–Trinajstić information content (AvgIpc) is 3.23. The third-order valence-corrected chi connectivity index (χ3v) is 4.38. The first-order valence-corrected chi connectivity index (χ1v) is 8.91. The van der Waals surface area contributed by atoms with Crippen LogP contribution in [-0.4, -0.2) is 31.8 Å². The number of nitrogens with one attached hydrogen (secondary N) is 2. The Bertz CT molecular complexity index is 1000. The van der Waals surface area contributed by atoms with E-state index in [0.29, 0.717) is 17.5 Å². The molecule has 0 aliphatic carbocycles. The number of amides is 2. The SMILES string of the molecule is CCn1nc(C)c(CNC(=O)C(=O)Nc2ccc(-c3nnc(C)o3)cc2)c1C. The van der Waals surface area contributed by atoms with E-state index in [1.807, 2.05) is 25.5 Å². The molecule has 0 radical (unpaired) electrons. The molecule has 146 valence electrons. The molecule has 2 heterocycles. The summed E-state index contributed by atoms with van der Waals surface area (Å²) < 4.78 is 7.22. The van der Waals surface area contributed by atoms with Crippen molar-refractivity contribution in [3.63, 3.8) is 0 Å². The van der Waals surface area contributed by atoms with Gasteiger partial charge in [0.2, 0.25) is 11.8 Å². The van der Waals surface area contributed by atoms with E-state index in [1.54, 1.807) is 31.2 Å². The molecule has 0 aliphatic heterocycles. The van der Waals surface area contributed by atoms with E-state index >= 15 is 0 Å². The summed E-state index contributed by atoms with van der Waals surface area (Å²) >= 11 is 0. The Balaban J connectivity index is 1.58. The summed E-state index contributed by atoms with van der Waals surface area (Å²) in [5, 5.41) is 17.3. The van der Waals surface area contributed by atoms with Crippen LogP contribution >= 0.6 is 0 Å². The summed E-state index contributed by atoms with van der Waals surface area (Å²) in [5.41, 5.74) is 3.95. The second-order valence-corrected chi connectivity index (χ2v) is 6.31. The molecule has 0 spiro atoms. The topological polar surface area (TPSA) is 115 Å². The van der Waals surface area contributed by atoms with Gasteiger partial charge in [0, 0.05) is 42.5 Å². The zero-order chi connectivity index (χ0) is 20.3. The Morgan fingerprint density at radius 1 is 1.07 bits per heavy atom. The minimum absolute atomic E-state index is 0.249. The van der Waals surface area contributed by atoms with Crippen molar-refractivity contribution in [1.29, 1.82) is 0 Å². The molecule has 1 aromatic carbocycles. The minimum atomic E-state index is -0.737. The highest BCUT2D eigenvalue weighted by molar-refractivity contribution is 6.39. The van der Waals surface area contributed by atoms with Gasteiger partial charge >= 0.3 is 11.8 Å². The maximum Gasteiger partial charge on any atom is 0.313 e. The van der Waals surface area contributed by atoms with Gasteiger partial charge in [-0.1, -0.05) is 0 Å². The van der Waals surface area contributed by atoms with E-state index < -0.39 is 11.8 Å². The van der Waals surface area contributed by atoms with Gasteiger partial charge in [0.25, 0.3) is 0 Å². The van der Waals surface area contributed by atoms with E-state index in [9.17, 15) is 9.59 Å². The summed E-state index contributed by atoms with van der Waals surface area (Å²) in [6.07, 6.45) is 0. The molecule has 0 atom stereocenters. The summed E-state index contributed by atoms with van der Waals surface area (Å²) in [4.78, 5) is 24.3. The highest BCUT2D eigenvalue weighted by Crippen LogP contribution is 2.20. The normalized spacial score (nSPS) is 10.7. The largest absolute Gasteiger partial charge is 0.421 e. The van der Waals surface area contributed by atoms with Crippen molar-refractivity contribution >= 4 is 17.5 Å². The molecule has 2 N–H and O–H groups in total. The number of rotatable bonds is 5. The Morgan fingerprint density at radius 2 is 1.79 bits per heavy atom. The Labute approximate surface area is 162 Å². The van der Waals surface area contributed by atoms with Crippen LogP contribution in [-0.2, 0) is 22.7 Å². The Kier molecular flexibility index (Phi) is 5.53. The summed E-state index contributed by atoms with van der Waals surface area (Å²) in [7, 11) is 0. The summed E-state index contributed by atoms with van der Waals surface area (Å²) in [5.74, 6) is -0.579. The van der Waals surface area contributed by atoms with Crippen LogP contribution in [0, 0.1) is 20.8 Å². The average molecular weight is 382 g/mol. The van der Waals surface area contributed by atoms with Crippen LogP contribution < -0.4 is 10.6 Å². The second kappa shape index (κ2) is 8.03. The Morgan fingerprint density at radius 3 is 2.36 bits per heavy atom. The maximum atomic E-state index is 12.1. The van der Waals surface area contributed by atoms with Gasteiger partial charge in [0.15, 0.2) is 0 Å². The maximum absolute atomic E-state index is 12.1. The third kappa shape index (κ3) is 4.08. The van der Waals surface area contributed by atoms with Crippen LogP contribution in [0.3, 0.4) is 0 Å². The predicted octanol–water partition coefficient (Wildman–Crippen LogP) is 2.13. The Hall–Kier alpha value is -3.49. The van der Waals surface area contributed by atoms with Gasteiger partial charge in [0.1, 0.15) is 0 Å². The smallest absolute Gasteiger partial charge is 0.313 e. The number of anilines is 1. The standard InChI is InChI=1S/C19H22N6O3/c1-5-25-12(3)16(11(2)24-25)10-20-17(26)18(27)21-15-8-6-14(7-9-15)19-23-22-13(4)28-19/h6-9H,5,10H2,1-4H3,(H,20,26)(H,21,27). The number of aromatic nitrogens is 4. The quantitative estimate of drug-likeness (QED) is 0.653. The molecular weight excluding hydrogens is 360 g/mol. The first-order valence-electron chi connectivity index (χ1n) is 8.91. The zero-order valence-electron chi connectivity index (χ0n) is 16.2. The van der Waals surface area contributed by atoms with Crippen molar-refractivity contribution < 1.29 is 14.0 Å². The van der Waals surface area contributed by atoms with E-state index in [1.165, 1.54) is 0 Å². The number of carbonyl (C=O) groups is 2. The molecule has 0 saturated carbocycles. The third-order valence-electron chi connectivity index (χ3n) is 4.38. The minimum Gasteiger partial charge on any atom is -0.421 e. The molecule has 9 heteroatoms. The summed E-state index contributed by atoms with van der Waals surface area (Å²) in [6.45, 7) is 8.53. The monoisotopic (exact) mass is 382 g/mol. The van der Waals surface area contributed by atoms with Crippen LogP contribution in [0.2, 0.25) is 0 Å². The molecule has 0 aliphatic rings. The number of aryl methyl sites for hydroxylation is 3. The lowest BCUT2D eigenvalue weighted by Gasteiger charge is -2.07. The van der Waals surface area contributed by atoms with Crippen molar-refractivity contribution in [3.05, 3.63) is 47.1 Å². The second-order valence-electron chi connectivity index (χ2n) is 6.31. The van der Waals surface area contributed by atoms with Crippen LogP contribution in [0.5, 0.6) is 0 Å². The van der Waals surface area contributed by atoms with E-state index in [4.69, 9.17) is 4.42 Å². The van der Waals surface area contributed by atoms with Crippen LogP contribution in [0.25, 0.3) is 11.5 Å². The highest BCUT2D eigenvalue weighted by atomic mass is 16.4. The number of carbonyl (C=O) groups excluding carboxylic acids is 2. The van der Waals surface area contributed by atoms with Gasteiger partial charge in [-0.05, 0) is 45.0 Å². The van der Waals surface area contributed by atoms with E-state index in [-0.39, 0.29) is 6.54 Å². The fourth-order valence-corrected chi connectivity index (χ4v) is 2.84. The highest BCUT2D eigenvalue weighted by Gasteiger charge is 2.17. The van der Waals surface area contributed by atoms with Gasteiger partial charge in [-0.15, -0.1) is 10.2 Å². The molecule has 9 nitrogen and oxygen atoms in total. The van der Waals surface area contributed by atoms with Gasteiger partial charge in [-0.3, -0.25) is 14.3 Å². The molecule has 3 rings (SSSR count). The van der Waals surface area contributed by atoms with Gasteiger partial charge < -0.3 is 15.1 Å². The molecule has 0 saturated heterocycles.